The van der Waals surface area contributed by atoms with Crippen molar-refractivity contribution in [3.8, 4) is 0 Å². The highest BCUT2D eigenvalue weighted by Crippen LogP contribution is 2.62. The van der Waals surface area contributed by atoms with Gasteiger partial charge < -0.3 is 0 Å². The molecule has 0 spiro atoms. The highest BCUT2D eigenvalue weighted by molar-refractivity contribution is 5.36. The summed E-state index contributed by atoms with van der Waals surface area (Å²) in [4.78, 5) is 0. The predicted molar refractivity (Wildman–Crippen MR) is 80.2 cm³/mol. The highest BCUT2D eigenvalue weighted by Gasteiger charge is 2.51. The van der Waals surface area contributed by atoms with Crippen molar-refractivity contribution in [3.63, 3.8) is 0 Å². The summed E-state index contributed by atoms with van der Waals surface area (Å²) in [5.74, 6) is 2.67. The van der Waals surface area contributed by atoms with Gasteiger partial charge in [-0.3, -0.25) is 0 Å². The zero-order chi connectivity index (χ0) is 13.0. The molecule has 0 amide bonds. The van der Waals surface area contributed by atoms with Crippen molar-refractivity contribution in [3.05, 3.63) is 47.5 Å². The Morgan fingerprint density at radius 1 is 1.11 bits per heavy atom. The van der Waals surface area contributed by atoms with Crippen molar-refractivity contribution >= 4 is 0 Å². The molecule has 19 heavy (non-hydrogen) atoms. The maximum atomic E-state index is 4.39. The minimum absolute atomic E-state index is 0.466. The van der Waals surface area contributed by atoms with Gasteiger partial charge in [-0.25, -0.2) is 0 Å². The first-order valence-corrected chi connectivity index (χ1v) is 7.96. The van der Waals surface area contributed by atoms with Crippen LogP contribution in [0.4, 0.5) is 0 Å². The third-order valence-electron chi connectivity index (χ3n) is 6.59. The molecule has 0 nitrogen and oxygen atoms in total. The topological polar surface area (TPSA) is 0 Å². The molecule has 1 aromatic carbocycles. The van der Waals surface area contributed by atoms with E-state index >= 15 is 0 Å². The molecule has 2 saturated carbocycles. The van der Waals surface area contributed by atoms with Crippen LogP contribution in [0.15, 0.2) is 36.4 Å². The van der Waals surface area contributed by atoms with E-state index in [0.29, 0.717) is 5.41 Å². The van der Waals surface area contributed by atoms with Gasteiger partial charge in [-0.2, -0.15) is 0 Å². The molecule has 100 valence electrons. The summed E-state index contributed by atoms with van der Waals surface area (Å²) < 4.78 is 0. The van der Waals surface area contributed by atoms with Gasteiger partial charge in [0.05, 0.1) is 0 Å². The Kier molecular flexibility index (Phi) is 2.46. The molecule has 0 aromatic heterocycles. The lowest BCUT2D eigenvalue weighted by atomic mass is 9.55. The summed E-state index contributed by atoms with van der Waals surface area (Å²) in [7, 11) is 0. The number of allylic oxidation sites excluding steroid dienone is 1. The quantitative estimate of drug-likeness (QED) is 0.564. The molecule has 3 aliphatic rings. The Labute approximate surface area is 116 Å². The molecule has 4 atom stereocenters. The zero-order valence-electron chi connectivity index (χ0n) is 12.0. The summed E-state index contributed by atoms with van der Waals surface area (Å²) in [5, 5.41) is 0. The Hall–Kier alpha value is -1.04. The van der Waals surface area contributed by atoms with Crippen molar-refractivity contribution in [2.24, 2.45) is 17.3 Å². The number of fused-ring (bicyclic) bond motifs is 5. The zero-order valence-corrected chi connectivity index (χ0v) is 12.0. The van der Waals surface area contributed by atoms with Crippen LogP contribution < -0.4 is 0 Å². The largest absolute Gasteiger partial charge is 0.0993 e. The van der Waals surface area contributed by atoms with Crippen molar-refractivity contribution in [1.29, 1.82) is 0 Å². The molecule has 1 aromatic rings. The van der Waals surface area contributed by atoms with Crippen molar-refractivity contribution < 1.29 is 0 Å². The van der Waals surface area contributed by atoms with E-state index < -0.39 is 0 Å². The van der Waals surface area contributed by atoms with E-state index in [2.05, 4.69) is 37.8 Å². The van der Waals surface area contributed by atoms with E-state index in [1.165, 1.54) is 38.5 Å². The van der Waals surface area contributed by atoms with Gasteiger partial charge in [-0.1, -0.05) is 43.3 Å². The lowest BCUT2D eigenvalue weighted by Gasteiger charge is -2.49. The van der Waals surface area contributed by atoms with E-state index in [1.54, 1.807) is 16.7 Å². The van der Waals surface area contributed by atoms with Crippen LogP contribution in [0.1, 0.15) is 56.1 Å². The Morgan fingerprint density at radius 3 is 2.84 bits per heavy atom. The minimum atomic E-state index is 0.466. The van der Waals surface area contributed by atoms with Crippen molar-refractivity contribution in [2.75, 3.05) is 0 Å². The molecule has 0 bridgehead atoms. The van der Waals surface area contributed by atoms with Crippen molar-refractivity contribution in [2.45, 2.75) is 51.4 Å². The molecule has 4 rings (SSSR count). The minimum Gasteiger partial charge on any atom is -0.0993 e. The summed E-state index contributed by atoms with van der Waals surface area (Å²) >= 11 is 0. The molecule has 0 unspecified atom stereocenters. The first-order valence-electron chi connectivity index (χ1n) is 7.96. The van der Waals surface area contributed by atoms with Gasteiger partial charge in [0.15, 0.2) is 0 Å². The van der Waals surface area contributed by atoms with Gasteiger partial charge in [0.2, 0.25) is 0 Å². The number of benzene rings is 1. The Bertz CT molecular complexity index is 527. The summed E-state index contributed by atoms with van der Waals surface area (Å²) in [5.41, 5.74) is 5.32. The molecular weight excluding hydrogens is 228 g/mol. The third-order valence-corrected chi connectivity index (χ3v) is 6.59. The average molecular weight is 252 g/mol. The number of hydrogen-bond acceptors (Lipinski definition) is 0. The highest BCUT2D eigenvalue weighted by atomic mass is 14.6. The van der Waals surface area contributed by atoms with Crippen molar-refractivity contribution in [1.82, 2.24) is 0 Å². The summed E-state index contributed by atoms with van der Waals surface area (Å²) in [6, 6.07) is 9.21. The van der Waals surface area contributed by atoms with Gasteiger partial charge in [0, 0.05) is 0 Å². The van der Waals surface area contributed by atoms with Gasteiger partial charge in [-0.15, -0.1) is 0 Å². The third kappa shape index (κ3) is 1.52. The molecule has 3 aliphatic carbocycles. The normalized spacial score (nSPS) is 40.5. The predicted octanol–water partition coefficient (Wildman–Crippen LogP) is 5.10. The fourth-order valence-corrected chi connectivity index (χ4v) is 5.43. The fourth-order valence-electron chi connectivity index (χ4n) is 5.43. The summed E-state index contributed by atoms with van der Waals surface area (Å²) in [6.07, 6.45) is 8.15. The molecule has 0 heterocycles. The molecule has 0 saturated heterocycles. The molecule has 2 fully saturated rings. The molecular formula is C19H24. The van der Waals surface area contributed by atoms with Crippen LogP contribution in [-0.4, -0.2) is 0 Å². The maximum absolute atomic E-state index is 4.39. The molecule has 0 N–H and O–H groups in total. The van der Waals surface area contributed by atoms with Gasteiger partial charge >= 0.3 is 0 Å². The monoisotopic (exact) mass is 252 g/mol. The second-order valence-corrected chi connectivity index (χ2v) is 7.21. The van der Waals surface area contributed by atoms with Crippen LogP contribution in [0.2, 0.25) is 0 Å². The van der Waals surface area contributed by atoms with E-state index in [9.17, 15) is 0 Å². The summed E-state index contributed by atoms with van der Waals surface area (Å²) in [6.45, 7) is 6.90. The van der Waals surface area contributed by atoms with Crippen LogP contribution in [0, 0.1) is 17.3 Å². The smallest absolute Gasteiger partial charge is 0.00876 e. The number of aryl methyl sites for hydroxylation is 1. The number of rotatable bonds is 0. The SMILES string of the molecule is C=C1CC[C@H]2[C@@H]3CCc4ccccc4[C@H]3CC[C@]12C. The fraction of sp³-hybridized carbons (Fsp3) is 0.579. The second-order valence-electron chi connectivity index (χ2n) is 7.21. The van der Waals surface area contributed by atoms with Crippen LogP contribution in [0.5, 0.6) is 0 Å². The van der Waals surface area contributed by atoms with E-state index in [-0.39, 0.29) is 0 Å². The van der Waals surface area contributed by atoms with Crippen LogP contribution in [0.25, 0.3) is 0 Å². The Balaban J connectivity index is 1.74. The lowest BCUT2D eigenvalue weighted by Crippen LogP contribution is -2.40. The Morgan fingerprint density at radius 2 is 1.95 bits per heavy atom. The molecule has 0 radical (unpaired) electrons. The van der Waals surface area contributed by atoms with Crippen LogP contribution in [0.3, 0.4) is 0 Å². The first-order chi connectivity index (χ1) is 9.20. The lowest BCUT2D eigenvalue weighted by molar-refractivity contribution is 0.0817. The average Bonchev–Trinajstić information content (AvgIpc) is 2.75. The van der Waals surface area contributed by atoms with E-state index in [4.69, 9.17) is 0 Å². The first kappa shape index (κ1) is 11.8. The molecule has 0 aliphatic heterocycles. The van der Waals surface area contributed by atoms with E-state index in [1.807, 2.05) is 0 Å². The van der Waals surface area contributed by atoms with Gasteiger partial charge in [0.25, 0.3) is 0 Å². The second kappa shape index (κ2) is 3.98. The van der Waals surface area contributed by atoms with Crippen LogP contribution in [-0.2, 0) is 6.42 Å². The number of hydrogen-bond donors (Lipinski definition) is 0. The van der Waals surface area contributed by atoms with Gasteiger partial charge in [0.1, 0.15) is 0 Å². The van der Waals surface area contributed by atoms with Gasteiger partial charge in [-0.05, 0) is 72.8 Å². The standard InChI is InChI=1S/C19H24/c1-13-7-10-18-17-9-8-14-5-3-4-6-15(14)16(17)11-12-19(13,18)2/h3-6,16-18H,1,7-12H2,2H3/t16-,17-,18+,19-/m1/s1. The molecule has 0 heteroatoms. The van der Waals surface area contributed by atoms with Crippen LogP contribution >= 0.6 is 0 Å². The maximum Gasteiger partial charge on any atom is -0.00876 e. The van der Waals surface area contributed by atoms with E-state index in [0.717, 1.165) is 17.8 Å².